The molecule has 0 atom stereocenters. The molecule has 10 rings (SSSR count). The second-order valence-corrected chi connectivity index (χ2v) is 13.3. The molecule has 2 heterocycles. The van der Waals surface area contributed by atoms with Crippen LogP contribution in [0.25, 0.3) is 66.9 Å². The van der Waals surface area contributed by atoms with Gasteiger partial charge in [-0.15, -0.1) is 0 Å². The number of nitrogens with zero attached hydrogens (tertiary/aromatic N) is 4. The standard InChI is InChI=1S/C49H34N4/c1-3-11-35(12-4-1)37-19-27-41(28-20-37)51(42-29-21-38(22-30-42)36-13-5-2-6-14-36)43-31-23-39(24-32-43)40-25-33-44(34-26-40)52-47-17-9-10-18-48(47)53-46-16-8-7-15-45(46)50-49(52)53/h1-34H. The van der Waals surface area contributed by atoms with Crippen LogP contribution in [0.15, 0.2) is 206 Å². The molecule has 0 saturated carbocycles. The fourth-order valence-electron chi connectivity index (χ4n) is 7.53. The van der Waals surface area contributed by atoms with E-state index in [2.05, 4.69) is 214 Å². The fourth-order valence-corrected chi connectivity index (χ4v) is 7.53. The van der Waals surface area contributed by atoms with Crippen LogP contribution in [-0.2, 0) is 0 Å². The zero-order valence-electron chi connectivity index (χ0n) is 28.9. The zero-order chi connectivity index (χ0) is 35.1. The molecule has 0 spiro atoms. The molecule has 0 fully saturated rings. The van der Waals surface area contributed by atoms with Crippen LogP contribution in [0, 0.1) is 0 Å². The first-order valence-corrected chi connectivity index (χ1v) is 18.0. The molecule has 0 unspecified atom stereocenters. The lowest BCUT2D eigenvalue weighted by molar-refractivity contribution is 1.11. The summed E-state index contributed by atoms with van der Waals surface area (Å²) in [5, 5.41) is 0. The molecule has 2 aromatic heterocycles. The average molecular weight is 679 g/mol. The third-order valence-electron chi connectivity index (χ3n) is 10.2. The minimum absolute atomic E-state index is 0.915. The Morgan fingerprint density at radius 1 is 0.321 bits per heavy atom. The lowest BCUT2D eigenvalue weighted by atomic mass is 10.0. The minimum Gasteiger partial charge on any atom is -0.311 e. The molecule has 53 heavy (non-hydrogen) atoms. The Labute approximate surface area is 308 Å². The maximum atomic E-state index is 5.05. The predicted octanol–water partition coefficient (Wildman–Crippen LogP) is 12.9. The summed E-state index contributed by atoms with van der Waals surface area (Å²) in [6.07, 6.45) is 0. The number of benzene rings is 8. The van der Waals surface area contributed by atoms with E-state index in [9.17, 15) is 0 Å². The van der Waals surface area contributed by atoms with Crippen LogP contribution >= 0.6 is 0 Å². The zero-order valence-corrected chi connectivity index (χ0v) is 28.9. The Kier molecular flexibility index (Phi) is 7.43. The molecule has 0 radical (unpaired) electrons. The Morgan fingerprint density at radius 2 is 0.698 bits per heavy atom. The van der Waals surface area contributed by atoms with Crippen molar-refractivity contribution in [1.29, 1.82) is 0 Å². The van der Waals surface area contributed by atoms with E-state index in [0.29, 0.717) is 0 Å². The van der Waals surface area contributed by atoms with Gasteiger partial charge in [0.1, 0.15) is 0 Å². The molecule has 0 aliphatic rings. The Balaban J connectivity index is 0.996. The van der Waals surface area contributed by atoms with Crippen LogP contribution in [0.2, 0.25) is 0 Å². The average Bonchev–Trinajstić information content (AvgIpc) is 3.77. The molecule has 4 nitrogen and oxygen atoms in total. The molecule has 4 heteroatoms. The SMILES string of the molecule is c1ccc(-c2ccc(N(c3ccc(-c4ccccc4)cc3)c3ccc(-c4ccc(-n5c6ccccc6n6c7ccccc7nc56)cc4)cc3)cc2)cc1. The van der Waals surface area contributed by atoms with Crippen LogP contribution in [0.5, 0.6) is 0 Å². The van der Waals surface area contributed by atoms with E-state index < -0.39 is 0 Å². The van der Waals surface area contributed by atoms with Gasteiger partial charge in [0.15, 0.2) is 0 Å². The number of hydrogen-bond donors (Lipinski definition) is 0. The number of fused-ring (bicyclic) bond motifs is 5. The number of rotatable bonds is 7. The number of hydrogen-bond acceptors (Lipinski definition) is 2. The highest BCUT2D eigenvalue weighted by Crippen LogP contribution is 2.38. The molecule has 0 N–H and O–H groups in total. The molecule has 0 aliphatic heterocycles. The van der Waals surface area contributed by atoms with Crippen LogP contribution in [0.4, 0.5) is 17.1 Å². The van der Waals surface area contributed by atoms with Gasteiger partial charge in [0.25, 0.3) is 0 Å². The predicted molar refractivity (Wildman–Crippen MR) is 221 cm³/mol. The van der Waals surface area contributed by atoms with Crippen molar-refractivity contribution in [2.45, 2.75) is 0 Å². The molecule has 8 aromatic carbocycles. The molecule has 250 valence electrons. The van der Waals surface area contributed by atoms with Gasteiger partial charge >= 0.3 is 0 Å². The van der Waals surface area contributed by atoms with Gasteiger partial charge in [-0.05, 0) is 106 Å². The van der Waals surface area contributed by atoms with Crippen LogP contribution in [-0.4, -0.2) is 14.0 Å². The first-order chi connectivity index (χ1) is 26.3. The van der Waals surface area contributed by atoms with Crippen molar-refractivity contribution < 1.29 is 0 Å². The van der Waals surface area contributed by atoms with Gasteiger partial charge in [-0.25, -0.2) is 4.98 Å². The van der Waals surface area contributed by atoms with Gasteiger partial charge in [-0.3, -0.25) is 8.97 Å². The molecular weight excluding hydrogens is 645 g/mol. The molecule has 0 aliphatic carbocycles. The van der Waals surface area contributed by atoms with Crippen LogP contribution < -0.4 is 4.90 Å². The third kappa shape index (κ3) is 5.45. The van der Waals surface area contributed by atoms with E-state index >= 15 is 0 Å². The Morgan fingerprint density at radius 3 is 1.19 bits per heavy atom. The Bertz CT molecular complexity index is 2750. The third-order valence-corrected chi connectivity index (χ3v) is 10.2. The van der Waals surface area contributed by atoms with Crippen LogP contribution in [0.3, 0.4) is 0 Å². The van der Waals surface area contributed by atoms with Crippen molar-refractivity contribution in [2.24, 2.45) is 0 Å². The smallest absolute Gasteiger partial charge is 0.220 e. The van der Waals surface area contributed by atoms with Gasteiger partial charge in [0.05, 0.1) is 22.1 Å². The van der Waals surface area contributed by atoms with Crippen molar-refractivity contribution in [1.82, 2.24) is 14.0 Å². The first-order valence-electron chi connectivity index (χ1n) is 18.0. The fraction of sp³-hybridized carbons (Fsp3) is 0. The van der Waals surface area contributed by atoms with Gasteiger partial charge in [0.2, 0.25) is 5.78 Å². The number of aromatic nitrogens is 3. The van der Waals surface area contributed by atoms with E-state index in [-0.39, 0.29) is 0 Å². The van der Waals surface area contributed by atoms with E-state index in [1.165, 1.54) is 22.3 Å². The maximum Gasteiger partial charge on any atom is 0.220 e. The van der Waals surface area contributed by atoms with Crippen LogP contribution in [0.1, 0.15) is 0 Å². The van der Waals surface area contributed by atoms with Gasteiger partial charge in [-0.2, -0.15) is 0 Å². The highest BCUT2D eigenvalue weighted by molar-refractivity contribution is 5.92. The molecule has 10 aromatic rings. The van der Waals surface area contributed by atoms with E-state index in [4.69, 9.17) is 4.98 Å². The summed E-state index contributed by atoms with van der Waals surface area (Å²) < 4.78 is 4.51. The minimum atomic E-state index is 0.915. The summed E-state index contributed by atoms with van der Waals surface area (Å²) in [5.41, 5.74) is 15.9. The molecule has 0 saturated heterocycles. The summed E-state index contributed by atoms with van der Waals surface area (Å²) in [5.74, 6) is 0.915. The van der Waals surface area contributed by atoms with Gasteiger partial charge in [-0.1, -0.05) is 133 Å². The normalized spacial score (nSPS) is 11.4. The first kappa shape index (κ1) is 30.6. The van der Waals surface area contributed by atoms with Crippen molar-refractivity contribution >= 4 is 44.9 Å². The lowest BCUT2D eigenvalue weighted by Gasteiger charge is -2.26. The molecular formula is C49H34N4. The summed E-state index contributed by atoms with van der Waals surface area (Å²) in [4.78, 5) is 7.37. The van der Waals surface area contributed by atoms with E-state index in [1.54, 1.807) is 0 Å². The van der Waals surface area contributed by atoms with Crippen molar-refractivity contribution in [3.8, 4) is 39.1 Å². The molecule has 0 bridgehead atoms. The summed E-state index contributed by atoms with van der Waals surface area (Å²) in [6.45, 7) is 0. The molecule has 0 amide bonds. The summed E-state index contributed by atoms with van der Waals surface area (Å²) in [6, 6.07) is 73.3. The highest BCUT2D eigenvalue weighted by atomic mass is 15.2. The van der Waals surface area contributed by atoms with Gasteiger partial charge < -0.3 is 4.90 Å². The topological polar surface area (TPSA) is 25.5 Å². The maximum absolute atomic E-state index is 5.05. The number of anilines is 3. The van der Waals surface area contributed by atoms with Crippen molar-refractivity contribution in [3.63, 3.8) is 0 Å². The second-order valence-electron chi connectivity index (χ2n) is 13.3. The monoisotopic (exact) mass is 678 g/mol. The highest BCUT2D eigenvalue weighted by Gasteiger charge is 2.17. The second kappa shape index (κ2) is 12.9. The summed E-state index contributed by atoms with van der Waals surface area (Å²) >= 11 is 0. The number of imidazole rings is 2. The van der Waals surface area contributed by atoms with Gasteiger partial charge in [0, 0.05) is 22.7 Å². The number of para-hydroxylation sites is 4. The largest absolute Gasteiger partial charge is 0.311 e. The van der Waals surface area contributed by atoms with E-state index in [0.717, 1.165) is 61.7 Å². The Hall–Kier alpha value is -7.17. The lowest BCUT2D eigenvalue weighted by Crippen LogP contribution is -2.09. The van der Waals surface area contributed by atoms with Crippen molar-refractivity contribution in [3.05, 3.63) is 206 Å². The quantitative estimate of drug-likeness (QED) is 0.168. The van der Waals surface area contributed by atoms with E-state index in [1.807, 2.05) is 6.07 Å². The summed E-state index contributed by atoms with van der Waals surface area (Å²) in [7, 11) is 0. The van der Waals surface area contributed by atoms with Crippen molar-refractivity contribution in [2.75, 3.05) is 4.90 Å².